The Hall–Kier alpha value is -4.03. The van der Waals surface area contributed by atoms with Gasteiger partial charge in [-0.1, -0.05) is 66.2 Å². The highest BCUT2D eigenvalue weighted by molar-refractivity contribution is 6.34. The molecule has 0 radical (unpaired) electrons. The van der Waals surface area contributed by atoms with Crippen molar-refractivity contribution in [2.45, 2.75) is 68.5 Å². The van der Waals surface area contributed by atoms with Gasteiger partial charge in [-0.15, -0.1) is 13.2 Å². The molecule has 2 N–H and O–H groups in total. The Morgan fingerprint density at radius 2 is 1.88 bits per heavy atom. The van der Waals surface area contributed by atoms with Gasteiger partial charge in [0, 0.05) is 20.1 Å². The number of rotatable bonds is 16. The molecule has 3 amide bonds. The molecule has 0 saturated carbocycles. The molecule has 0 aliphatic carbocycles. The number of hydrogen-bond acceptors (Lipinski definition) is 8. The second-order valence-corrected chi connectivity index (χ2v) is 13.2. The van der Waals surface area contributed by atoms with E-state index in [9.17, 15) is 24.3 Å². The Morgan fingerprint density at radius 3 is 2.53 bits per heavy atom. The molecule has 49 heavy (non-hydrogen) atoms. The monoisotopic (exact) mass is 693 g/mol. The van der Waals surface area contributed by atoms with Crippen LogP contribution in [0.15, 0.2) is 79.9 Å². The number of nitrogens with one attached hydrogen (secondary N) is 1. The fourth-order valence-corrected chi connectivity index (χ4v) is 7.82. The molecule has 2 bridgehead atoms. The van der Waals surface area contributed by atoms with Crippen molar-refractivity contribution in [3.63, 3.8) is 0 Å². The summed E-state index contributed by atoms with van der Waals surface area (Å²) in [5, 5.41) is 13.5. The molecule has 2 aromatic carbocycles. The fourth-order valence-electron chi connectivity index (χ4n) is 7.58. The van der Waals surface area contributed by atoms with Crippen LogP contribution < -0.4 is 10.2 Å². The lowest BCUT2D eigenvalue weighted by Crippen LogP contribution is -2.58. The summed E-state index contributed by atoms with van der Waals surface area (Å²) in [5.74, 6) is -3.94. The van der Waals surface area contributed by atoms with Crippen LogP contribution >= 0.6 is 11.6 Å². The van der Waals surface area contributed by atoms with Crippen molar-refractivity contribution in [1.29, 1.82) is 0 Å². The quantitative estimate of drug-likeness (QED) is 0.199. The molecule has 8 atom stereocenters. The minimum Gasteiger partial charge on any atom is -0.455 e. The van der Waals surface area contributed by atoms with Gasteiger partial charge in [0.2, 0.25) is 11.8 Å². The lowest BCUT2D eigenvalue weighted by Gasteiger charge is -2.38. The number of benzene rings is 2. The van der Waals surface area contributed by atoms with Gasteiger partial charge in [-0.3, -0.25) is 19.2 Å². The van der Waals surface area contributed by atoms with E-state index in [-0.39, 0.29) is 25.5 Å². The number of amides is 3. The van der Waals surface area contributed by atoms with Gasteiger partial charge >= 0.3 is 5.97 Å². The van der Waals surface area contributed by atoms with Gasteiger partial charge in [-0.05, 0) is 43.9 Å². The molecule has 3 heterocycles. The molecule has 12 heteroatoms. The van der Waals surface area contributed by atoms with Crippen LogP contribution in [0.4, 0.5) is 5.69 Å². The number of esters is 1. The van der Waals surface area contributed by atoms with E-state index < -0.39 is 72.2 Å². The van der Waals surface area contributed by atoms with Crippen molar-refractivity contribution in [2.75, 3.05) is 31.8 Å². The lowest BCUT2D eigenvalue weighted by atomic mass is 9.70. The number of para-hydroxylation sites is 1. The number of carbonyl (C=O) groups excluding carboxylic acids is 4. The number of aliphatic hydroxyl groups is 1. The topological polar surface area (TPSA) is 135 Å². The molecular weight excluding hydrogens is 650 g/mol. The predicted molar refractivity (Wildman–Crippen MR) is 184 cm³/mol. The van der Waals surface area contributed by atoms with Crippen LogP contribution in [-0.2, 0) is 33.4 Å². The molecule has 3 aliphatic heterocycles. The zero-order chi connectivity index (χ0) is 35.3. The van der Waals surface area contributed by atoms with E-state index in [1.807, 2.05) is 6.07 Å². The number of aliphatic hydroxyl groups excluding tert-OH is 1. The minimum atomic E-state index is -1.35. The average Bonchev–Trinajstić information content (AvgIpc) is 3.76. The molecule has 3 aliphatic rings. The molecular formula is C37H44ClN3O8. The smallest absolute Gasteiger partial charge is 0.313 e. The van der Waals surface area contributed by atoms with Gasteiger partial charge in [0.1, 0.15) is 17.7 Å². The van der Waals surface area contributed by atoms with Gasteiger partial charge in [-0.25, -0.2) is 0 Å². The first-order valence-corrected chi connectivity index (χ1v) is 16.9. The van der Waals surface area contributed by atoms with Crippen LogP contribution in [0.3, 0.4) is 0 Å². The number of fused-ring (bicyclic) bond motifs is 1. The molecule has 3 fully saturated rings. The normalized spacial score (nSPS) is 25.6. The highest BCUT2D eigenvalue weighted by Gasteiger charge is 2.75. The molecule has 1 spiro atoms. The van der Waals surface area contributed by atoms with E-state index in [1.54, 1.807) is 67.6 Å². The number of ether oxygens (including phenoxy) is 3. The first-order chi connectivity index (χ1) is 23.6. The van der Waals surface area contributed by atoms with E-state index in [2.05, 4.69) is 18.5 Å². The summed E-state index contributed by atoms with van der Waals surface area (Å²) in [6.45, 7) is 8.88. The van der Waals surface area contributed by atoms with E-state index in [4.69, 9.17) is 25.8 Å². The Labute approximate surface area is 291 Å². The second kappa shape index (κ2) is 15.7. The standard InChI is InChI=1S/C37H44ClN3O8/c1-5-7-17-29(43)39-26(22-47-4)32(24-13-9-8-10-14-24)48-36(46)30-28-18-19-37(49-28)31(30)34(44)41(23(3)21-42)33(37)35(45)40(20-6-2)27-16-12-11-15-25(27)38/h5-6,8-16,23,26,28,30-33,42H,1-2,7,17-22H2,3-4H3,(H,39,43)/t23-,26+,28+,30-,31-,32+,33+,37-/m1/s1. The number of likely N-dealkylation sites (tertiary alicyclic amines) is 1. The zero-order valence-corrected chi connectivity index (χ0v) is 28.6. The van der Waals surface area contributed by atoms with Crippen LogP contribution in [0.5, 0.6) is 0 Å². The third kappa shape index (κ3) is 6.90. The van der Waals surface area contributed by atoms with E-state index in [0.29, 0.717) is 35.5 Å². The van der Waals surface area contributed by atoms with Crippen LogP contribution in [-0.4, -0.2) is 90.4 Å². The number of methoxy groups -OCH3 is 1. The van der Waals surface area contributed by atoms with E-state index in [0.717, 1.165) is 0 Å². The Balaban J connectivity index is 1.51. The highest BCUT2D eigenvalue weighted by atomic mass is 35.5. The first-order valence-electron chi connectivity index (χ1n) is 16.6. The first kappa shape index (κ1) is 36.3. The maximum atomic E-state index is 14.7. The molecule has 262 valence electrons. The van der Waals surface area contributed by atoms with Crippen LogP contribution in [0, 0.1) is 11.8 Å². The largest absolute Gasteiger partial charge is 0.455 e. The summed E-state index contributed by atoms with van der Waals surface area (Å²) < 4.78 is 18.3. The Kier molecular flexibility index (Phi) is 11.6. The van der Waals surface area contributed by atoms with E-state index >= 15 is 0 Å². The third-order valence-corrected chi connectivity index (χ3v) is 10.0. The summed E-state index contributed by atoms with van der Waals surface area (Å²) >= 11 is 6.54. The summed E-state index contributed by atoms with van der Waals surface area (Å²) in [6.07, 6.45) is 3.00. The third-order valence-electron chi connectivity index (χ3n) is 9.71. The van der Waals surface area contributed by atoms with Crippen molar-refractivity contribution in [3.8, 4) is 0 Å². The Morgan fingerprint density at radius 1 is 1.16 bits per heavy atom. The van der Waals surface area contributed by atoms with Gasteiger partial charge in [-0.2, -0.15) is 0 Å². The van der Waals surface area contributed by atoms with Crippen molar-refractivity contribution in [1.82, 2.24) is 10.2 Å². The van der Waals surface area contributed by atoms with Crippen molar-refractivity contribution in [2.24, 2.45) is 11.8 Å². The summed E-state index contributed by atoms with van der Waals surface area (Å²) in [5.41, 5.74) is -0.284. The maximum Gasteiger partial charge on any atom is 0.313 e. The number of carbonyl (C=O) groups is 4. The molecule has 3 saturated heterocycles. The van der Waals surface area contributed by atoms with Crippen LogP contribution in [0.2, 0.25) is 5.02 Å². The molecule has 5 rings (SSSR count). The molecule has 0 aromatic heterocycles. The SMILES string of the molecule is C=CCCC(=O)N[C@@H](COC)[C@@H](OC(=O)[C@@H]1[C@@H]2CC[C@]3(O2)[C@H](C(=O)N(CC=C)c2ccccc2Cl)N([C@H](C)CO)C(=O)[C@@H]13)c1ccccc1. The fraction of sp³-hybridized carbons (Fsp3) is 0.459. The summed E-state index contributed by atoms with van der Waals surface area (Å²) in [4.78, 5) is 59.1. The zero-order valence-electron chi connectivity index (χ0n) is 27.8. The maximum absolute atomic E-state index is 14.7. The summed E-state index contributed by atoms with van der Waals surface area (Å²) in [6, 6.07) is 13.2. The highest BCUT2D eigenvalue weighted by Crippen LogP contribution is 2.59. The lowest BCUT2D eigenvalue weighted by molar-refractivity contribution is -0.163. The van der Waals surface area contributed by atoms with Crippen molar-refractivity contribution < 1.29 is 38.5 Å². The molecule has 2 aromatic rings. The predicted octanol–water partition coefficient (Wildman–Crippen LogP) is 4.00. The van der Waals surface area contributed by atoms with E-state index in [1.165, 1.54) is 16.9 Å². The average molecular weight is 694 g/mol. The van der Waals surface area contributed by atoms with Gasteiger partial charge in [0.05, 0.1) is 53.9 Å². The Bertz CT molecular complexity index is 1560. The second-order valence-electron chi connectivity index (χ2n) is 12.7. The number of halogens is 1. The number of nitrogens with zero attached hydrogens (tertiary/aromatic N) is 2. The van der Waals surface area contributed by atoms with Gasteiger partial charge < -0.3 is 34.4 Å². The molecule has 0 unspecified atom stereocenters. The van der Waals surface area contributed by atoms with Gasteiger partial charge in [0.25, 0.3) is 5.91 Å². The van der Waals surface area contributed by atoms with Crippen LogP contribution in [0.1, 0.15) is 44.3 Å². The minimum absolute atomic E-state index is 0.0448. The van der Waals surface area contributed by atoms with Crippen molar-refractivity contribution in [3.05, 3.63) is 90.5 Å². The number of allylic oxidation sites excluding steroid dienone is 1. The number of hydrogen-bond donors (Lipinski definition) is 2. The summed E-state index contributed by atoms with van der Waals surface area (Å²) in [7, 11) is 1.49. The van der Waals surface area contributed by atoms with Crippen molar-refractivity contribution >= 4 is 41.0 Å². The van der Waals surface area contributed by atoms with Crippen LogP contribution in [0.25, 0.3) is 0 Å². The molecule has 11 nitrogen and oxygen atoms in total. The van der Waals surface area contributed by atoms with Gasteiger partial charge in [0.15, 0.2) is 0 Å². The number of anilines is 1.